The molecule has 1 saturated heterocycles. The van der Waals surface area contributed by atoms with E-state index < -0.39 is 0 Å². The molecule has 16 heavy (non-hydrogen) atoms. The fraction of sp³-hybridized carbons (Fsp3) is 0.417. The minimum absolute atomic E-state index is 0.386. The summed E-state index contributed by atoms with van der Waals surface area (Å²) >= 11 is 1.68. The summed E-state index contributed by atoms with van der Waals surface area (Å²) in [6, 6.07) is 6.29. The highest BCUT2D eigenvalue weighted by molar-refractivity contribution is 7.16. The van der Waals surface area contributed by atoms with E-state index in [1.54, 1.807) is 11.3 Å². The lowest BCUT2D eigenvalue weighted by Crippen LogP contribution is -2.18. The predicted octanol–water partition coefficient (Wildman–Crippen LogP) is 2.89. The molecule has 2 aromatic rings. The first-order valence-corrected chi connectivity index (χ1v) is 6.48. The second-order valence-electron chi connectivity index (χ2n) is 4.05. The van der Waals surface area contributed by atoms with Gasteiger partial charge < -0.3 is 10.1 Å². The number of hydrogen-bond acceptors (Lipinski definition) is 4. The van der Waals surface area contributed by atoms with Crippen LogP contribution >= 0.6 is 11.3 Å². The van der Waals surface area contributed by atoms with Crippen LogP contribution in [-0.4, -0.2) is 24.2 Å². The van der Waals surface area contributed by atoms with Gasteiger partial charge in [0.25, 0.3) is 0 Å². The Morgan fingerprint density at radius 2 is 2.50 bits per heavy atom. The van der Waals surface area contributed by atoms with Crippen molar-refractivity contribution >= 4 is 27.2 Å². The molecule has 3 rings (SSSR count). The zero-order valence-electron chi connectivity index (χ0n) is 8.98. The summed E-state index contributed by atoms with van der Waals surface area (Å²) in [4.78, 5) is 4.26. The molecule has 4 heteroatoms. The van der Waals surface area contributed by atoms with Crippen molar-refractivity contribution in [2.24, 2.45) is 0 Å². The monoisotopic (exact) mass is 234 g/mol. The van der Waals surface area contributed by atoms with Crippen LogP contribution in [0, 0.1) is 0 Å². The molecule has 0 bridgehead atoms. The van der Waals surface area contributed by atoms with Crippen LogP contribution in [0.5, 0.6) is 0 Å². The van der Waals surface area contributed by atoms with Gasteiger partial charge in [-0.25, -0.2) is 4.98 Å². The Hall–Kier alpha value is -1.13. The van der Waals surface area contributed by atoms with E-state index in [0.717, 1.165) is 24.4 Å². The molecule has 0 aliphatic carbocycles. The molecule has 0 spiro atoms. The summed E-state index contributed by atoms with van der Waals surface area (Å²) in [5.41, 5.74) is 4.12. The molecule has 1 aliphatic heterocycles. The van der Waals surface area contributed by atoms with Gasteiger partial charge in [-0.15, -0.1) is 11.3 Å². The van der Waals surface area contributed by atoms with Crippen LogP contribution in [0.2, 0.25) is 0 Å². The third kappa shape index (κ3) is 2.03. The number of aromatic nitrogens is 1. The number of nitrogens with one attached hydrogen (secondary N) is 1. The average Bonchev–Trinajstić information content (AvgIpc) is 2.97. The number of nitrogens with zero attached hydrogens (tertiary/aromatic N) is 1. The van der Waals surface area contributed by atoms with Gasteiger partial charge in [-0.1, -0.05) is 0 Å². The van der Waals surface area contributed by atoms with Crippen LogP contribution < -0.4 is 5.32 Å². The predicted molar refractivity (Wildman–Crippen MR) is 67.1 cm³/mol. The van der Waals surface area contributed by atoms with Gasteiger partial charge in [0.1, 0.15) is 0 Å². The average molecular weight is 234 g/mol. The first kappa shape index (κ1) is 10.1. The zero-order chi connectivity index (χ0) is 10.8. The molecule has 0 amide bonds. The lowest BCUT2D eigenvalue weighted by atomic mass is 10.2. The van der Waals surface area contributed by atoms with Crippen molar-refractivity contribution in [1.29, 1.82) is 0 Å². The van der Waals surface area contributed by atoms with Crippen LogP contribution in [-0.2, 0) is 4.74 Å². The lowest BCUT2D eigenvalue weighted by molar-refractivity contribution is 0.120. The third-order valence-electron chi connectivity index (χ3n) is 2.89. The highest BCUT2D eigenvalue weighted by Gasteiger charge is 2.14. The van der Waals surface area contributed by atoms with Crippen LogP contribution in [0.4, 0.5) is 5.69 Å². The van der Waals surface area contributed by atoms with Gasteiger partial charge in [0.15, 0.2) is 0 Å². The fourth-order valence-corrected chi connectivity index (χ4v) is 2.72. The van der Waals surface area contributed by atoms with E-state index in [1.165, 1.54) is 17.5 Å². The maximum absolute atomic E-state index is 5.57. The number of thiazole rings is 1. The molecule has 2 heterocycles. The Morgan fingerprint density at radius 3 is 3.38 bits per heavy atom. The summed E-state index contributed by atoms with van der Waals surface area (Å²) in [6.45, 7) is 1.82. The first-order valence-electron chi connectivity index (χ1n) is 5.60. The first-order chi connectivity index (χ1) is 7.92. The molecule has 3 nitrogen and oxygen atoms in total. The number of ether oxygens (including phenoxy) is 1. The summed E-state index contributed by atoms with van der Waals surface area (Å²) in [7, 11) is 0. The highest BCUT2D eigenvalue weighted by atomic mass is 32.1. The summed E-state index contributed by atoms with van der Waals surface area (Å²) in [5.74, 6) is 0. The molecule has 84 valence electrons. The number of rotatable bonds is 3. The normalized spacial score (nSPS) is 20.4. The van der Waals surface area contributed by atoms with E-state index in [9.17, 15) is 0 Å². The molecule has 1 unspecified atom stereocenters. The standard InChI is InChI=1S/C12H14N2OS/c1-2-10(15-5-1)7-13-9-3-4-11-12(6-9)16-8-14-11/h3-4,6,8,10,13H,1-2,5,7H2. The summed E-state index contributed by atoms with van der Waals surface area (Å²) in [5, 5.41) is 3.42. The maximum atomic E-state index is 5.57. The van der Waals surface area contributed by atoms with E-state index in [2.05, 4.69) is 28.5 Å². The van der Waals surface area contributed by atoms with Crippen molar-refractivity contribution in [3.8, 4) is 0 Å². The Bertz CT molecular complexity index is 477. The smallest absolute Gasteiger partial charge is 0.0813 e. The minimum Gasteiger partial charge on any atom is -0.382 e. The molecule has 1 N–H and O–H groups in total. The zero-order valence-corrected chi connectivity index (χ0v) is 9.80. The maximum Gasteiger partial charge on any atom is 0.0813 e. The summed E-state index contributed by atoms with van der Waals surface area (Å²) in [6.07, 6.45) is 2.76. The van der Waals surface area contributed by atoms with E-state index in [0.29, 0.717) is 6.10 Å². The van der Waals surface area contributed by atoms with Crippen LogP contribution in [0.25, 0.3) is 10.2 Å². The van der Waals surface area contributed by atoms with E-state index in [1.807, 2.05) is 5.51 Å². The van der Waals surface area contributed by atoms with E-state index in [4.69, 9.17) is 4.74 Å². The minimum atomic E-state index is 0.386. The molecular formula is C12H14N2OS. The topological polar surface area (TPSA) is 34.2 Å². The SMILES string of the molecule is c1nc2ccc(NCC3CCCO3)cc2s1. The fourth-order valence-electron chi connectivity index (χ4n) is 2.00. The third-order valence-corrected chi connectivity index (χ3v) is 3.68. The summed E-state index contributed by atoms with van der Waals surface area (Å²) < 4.78 is 6.81. The van der Waals surface area contributed by atoms with Crippen molar-refractivity contribution in [3.05, 3.63) is 23.7 Å². The largest absolute Gasteiger partial charge is 0.382 e. The second-order valence-corrected chi connectivity index (χ2v) is 4.94. The van der Waals surface area contributed by atoms with E-state index >= 15 is 0 Å². The van der Waals surface area contributed by atoms with Crippen molar-refractivity contribution in [2.75, 3.05) is 18.5 Å². The number of fused-ring (bicyclic) bond motifs is 1. The highest BCUT2D eigenvalue weighted by Crippen LogP contribution is 2.22. The van der Waals surface area contributed by atoms with Gasteiger partial charge in [0.05, 0.1) is 21.8 Å². The van der Waals surface area contributed by atoms with Crippen molar-refractivity contribution in [2.45, 2.75) is 18.9 Å². The van der Waals surface area contributed by atoms with Crippen LogP contribution in [0.15, 0.2) is 23.7 Å². The van der Waals surface area contributed by atoms with Gasteiger partial charge >= 0.3 is 0 Å². The van der Waals surface area contributed by atoms with Gasteiger partial charge in [0.2, 0.25) is 0 Å². The van der Waals surface area contributed by atoms with Gasteiger partial charge in [-0.2, -0.15) is 0 Å². The van der Waals surface area contributed by atoms with Crippen LogP contribution in [0.3, 0.4) is 0 Å². The molecule has 0 saturated carbocycles. The number of hydrogen-bond donors (Lipinski definition) is 1. The molecule has 1 atom stereocenters. The molecule has 1 fully saturated rings. The van der Waals surface area contributed by atoms with E-state index in [-0.39, 0.29) is 0 Å². The number of anilines is 1. The quantitative estimate of drug-likeness (QED) is 0.886. The Kier molecular flexibility index (Phi) is 2.76. The molecule has 0 radical (unpaired) electrons. The Labute approximate surface area is 98.5 Å². The molecule has 1 aliphatic rings. The van der Waals surface area contributed by atoms with Gasteiger partial charge in [-0.05, 0) is 31.0 Å². The number of benzene rings is 1. The molecular weight excluding hydrogens is 220 g/mol. The molecule has 1 aromatic heterocycles. The van der Waals surface area contributed by atoms with Gasteiger partial charge in [0, 0.05) is 18.8 Å². The lowest BCUT2D eigenvalue weighted by Gasteiger charge is -2.11. The molecule has 1 aromatic carbocycles. The Morgan fingerprint density at radius 1 is 1.50 bits per heavy atom. The van der Waals surface area contributed by atoms with Crippen molar-refractivity contribution in [1.82, 2.24) is 4.98 Å². The van der Waals surface area contributed by atoms with Crippen molar-refractivity contribution in [3.63, 3.8) is 0 Å². The van der Waals surface area contributed by atoms with Crippen molar-refractivity contribution < 1.29 is 4.74 Å². The second kappa shape index (κ2) is 4.39. The van der Waals surface area contributed by atoms with Crippen LogP contribution in [0.1, 0.15) is 12.8 Å². The Balaban J connectivity index is 1.68. The van der Waals surface area contributed by atoms with Gasteiger partial charge in [-0.3, -0.25) is 0 Å².